The molecule has 1 heterocycles. The predicted octanol–water partition coefficient (Wildman–Crippen LogP) is 3.86. The second-order valence-corrected chi connectivity index (χ2v) is 6.13. The third kappa shape index (κ3) is 4.72. The van der Waals surface area contributed by atoms with Crippen molar-refractivity contribution in [1.82, 2.24) is 10.1 Å². The SMILES string of the molecule is COCCC(C)(C)CNc1nc(-c2cccc(Cl)c2)no1. The molecule has 0 radical (unpaired) electrons. The van der Waals surface area contributed by atoms with Crippen LogP contribution in [0.3, 0.4) is 0 Å². The zero-order valence-electron chi connectivity index (χ0n) is 12.5. The van der Waals surface area contributed by atoms with E-state index in [1.165, 1.54) is 0 Å². The summed E-state index contributed by atoms with van der Waals surface area (Å²) in [6, 6.07) is 7.77. The first-order chi connectivity index (χ1) is 10.00. The first kappa shape index (κ1) is 15.8. The number of benzene rings is 1. The van der Waals surface area contributed by atoms with E-state index >= 15 is 0 Å². The molecule has 2 aromatic rings. The van der Waals surface area contributed by atoms with Crippen LogP contribution < -0.4 is 5.32 Å². The maximum atomic E-state index is 5.96. The zero-order chi connectivity index (χ0) is 15.3. The lowest BCUT2D eigenvalue weighted by molar-refractivity contribution is 0.156. The van der Waals surface area contributed by atoms with Gasteiger partial charge in [-0.15, -0.1) is 0 Å². The van der Waals surface area contributed by atoms with Crippen LogP contribution in [0.25, 0.3) is 11.4 Å². The molecule has 0 saturated carbocycles. The summed E-state index contributed by atoms with van der Waals surface area (Å²) in [5, 5.41) is 7.77. The van der Waals surface area contributed by atoms with E-state index < -0.39 is 0 Å². The molecule has 0 unspecified atom stereocenters. The van der Waals surface area contributed by atoms with Crippen LogP contribution in [0.4, 0.5) is 6.01 Å². The molecule has 1 aromatic carbocycles. The summed E-state index contributed by atoms with van der Waals surface area (Å²) in [4.78, 5) is 4.33. The van der Waals surface area contributed by atoms with Crippen molar-refractivity contribution in [1.29, 1.82) is 0 Å². The average Bonchev–Trinajstić information content (AvgIpc) is 2.92. The number of anilines is 1. The average molecular weight is 310 g/mol. The predicted molar refractivity (Wildman–Crippen MR) is 83.5 cm³/mol. The number of ether oxygens (including phenoxy) is 1. The minimum atomic E-state index is 0.0840. The number of rotatable bonds is 7. The normalized spacial score (nSPS) is 11.6. The molecule has 0 aliphatic rings. The van der Waals surface area contributed by atoms with Gasteiger partial charge in [0.1, 0.15) is 0 Å². The van der Waals surface area contributed by atoms with E-state index in [0.29, 0.717) is 16.9 Å². The lowest BCUT2D eigenvalue weighted by Gasteiger charge is -2.23. The third-order valence-electron chi connectivity index (χ3n) is 3.21. The van der Waals surface area contributed by atoms with Crippen molar-refractivity contribution in [3.63, 3.8) is 0 Å². The highest BCUT2D eigenvalue weighted by Gasteiger charge is 2.19. The summed E-state index contributed by atoms with van der Waals surface area (Å²) < 4.78 is 10.3. The summed E-state index contributed by atoms with van der Waals surface area (Å²) >= 11 is 5.96. The Labute approximate surface area is 129 Å². The van der Waals surface area contributed by atoms with Gasteiger partial charge in [-0.25, -0.2) is 0 Å². The molecule has 0 fully saturated rings. The van der Waals surface area contributed by atoms with Gasteiger partial charge in [-0.2, -0.15) is 4.98 Å². The molecule has 0 bridgehead atoms. The van der Waals surface area contributed by atoms with Crippen molar-refractivity contribution >= 4 is 17.6 Å². The second-order valence-electron chi connectivity index (χ2n) is 5.69. The molecule has 5 nitrogen and oxygen atoms in total. The van der Waals surface area contributed by atoms with Gasteiger partial charge in [0.15, 0.2) is 0 Å². The molecule has 114 valence electrons. The van der Waals surface area contributed by atoms with Gasteiger partial charge >= 0.3 is 6.01 Å². The largest absolute Gasteiger partial charge is 0.385 e. The molecule has 0 spiro atoms. The van der Waals surface area contributed by atoms with Crippen LogP contribution in [0, 0.1) is 5.41 Å². The molecule has 21 heavy (non-hydrogen) atoms. The van der Waals surface area contributed by atoms with Crippen LogP contribution in [0.2, 0.25) is 5.02 Å². The van der Waals surface area contributed by atoms with Gasteiger partial charge in [-0.1, -0.05) is 42.7 Å². The Morgan fingerprint density at radius 1 is 1.38 bits per heavy atom. The quantitative estimate of drug-likeness (QED) is 0.841. The first-order valence-corrected chi connectivity index (χ1v) is 7.20. The highest BCUT2D eigenvalue weighted by molar-refractivity contribution is 6.30. The fraction of sp³-hybridized carbons (Fsp3) is 0.467. The molecule has 1 N–H and O–H groups in total. The lowest BCUT2D eigenvalue weighted by atomic mass is 9.90. The summed E-state index contributed by atoms with van der Waals surface area (Å²) in [6.45, 7) is 5.78. The maximum absolute atomic E-state index is 5.96. The fourth-order valence-electron chi connectivity index (χ4n) is 1.82. The Kier molecular flexibility index (Phi) is 5.20. The number of aromatic nitrogens is 2. The second kappa shape index (κ2) is 6.91. The molecule has 1 aromatic heterocycles. The molecule has 0 aliphatic carbocycles. The monoisotopic (exact) mass is 309 g/mol. The van der Waals surface area contributed by atoms with Gasteiger partial charge in [0.05, 0.1) is 0 Å². The van der Waals surface area contributed by atoms with E-state index in [1.54, 1.807) is 13.2 Å². The third-order valence-corrected chi connectivity index (χ3v) is 3.45. The number of nitrogens with one attached hydrogen (secondary N) is 1. The molecule has 0 atom stereocenters. The van der Waals surface area contributed by atoms with Crippen molar-refractivity contribution in [3.8, 4) is 11.4 Å². The van der Waals surface area contributed by atoms with Crippen molar-refractivity contribution < 1.29 is 9.26 Å². The molecular formula is C15H20ClN3O2. The van der Waals surface area contributed by atoms with E-state index in [0.717, 1.165) is 25.1 Å². The van der Waals surface area contributed by atoms with Gasteiger partial charge < -0.3 is 14.6 Å². The van der Waals surface area contributed by atoms with Gasteiger partial charge in [0, 0.05) is 30.8 Å². The Bertz CT molecular complexity index is 584. The van der Waals surface area contributed by atoms with Crippen molar-refractivity contribution in [2.24, 2.45) is 5.41 Å². The summed E-state index contributed by atoms with van der Waals surface area (Å²) in [5.41, 5.74) is 0.915. The van der Waals surface area contributed by atoms with Crippen LogP contribution in [0.5, 0.6) is 0 Å². The number of halogens is 1. The van der Waals surface area contributed by atoms with Crippen molar-refractivity contribution in [2.75, 3.05) is 25.6 Å². The van der Waals surface area contributed by atoms with Gasteiger partial charge in [-0.05, 0) is 24.0 Å². The number of nitrogens with zero attached hydrogens (tertiary/aromatic N) is 2. The van der Waals surface area contributed by atoms with Crippen LogP contribution in [-0.4, -0.2) is 30.4 Å². The van der Waals surface area contributed by atoms with Gasteiger partial charge in [0.2, 0.25) is 5.82 Å². The topological polar surface area (TPSA) is 60.2 Å². The van der Waals surface area contributed by atoms with Gasteiger partial charge in [0.25, 0.3) is 0 Å². The van der Waals surface area contributed by atoms with E-state index in [4.69, 9.17) is 20.9 Å². The zero-order valence-corrected chi connectivity index (χ0v) is 13.3. The molecule has 6 heteroatoms. The van der Waals surface area contributed by atoms with E-state index in [1.807, 2.05) is 18.2 Å². The van der Waals surface area contributed by atoms with E-state index in [-0.39, 0.29) is 5.41 Å². The maximum Gasteiger partial charge on any atom is 0.321 e. The molecule has 0 amide bonds. The van der Waals surface area contributed by atoms with Crippen molar-refractivity contribution in [3.05, 3.63) is 29.3 Å². The van der Waals surface area contributed by atoms with Crippen LogP contribution >= 0.6 is 11.6 Å². The number of hydrogen-bond acceptors (Lipinski definition) is 5. The minimum Gasteiger partial charge on any atom is -0.385 e. The minimum absolute atomic E-state index is 0.0840. The Hall–Kier alpha value is -1.59. The lowest BCUT2D eigenvalue weighted by Crippen LogP contribution is -2.24. The van der Waals surface area contributed by atoms with E-state index in [9.17, 15) is 0 Å². The molecule has 0 aliphatic heterocycles. The highest BCUT2D eigenvalue weighted by atomic mass is 35.5. The summed E-state index contributed by atoms with van der Waals surface area (Å²) in [5.74, 6) is 0.523. The van der Waals surface area contributed by atoms with Crippen LogP contribution in [-0.2, 0) is 4.74 Å². The molecular weight excluding hydrogens is 290 g/mol. The molecule has 2 rings (SSSR count). The van der Waals surface area contributed by atoms with E-state index in [2.05, 4.69) is 29.3 Å². The van der Waals surface area contributed by atoms with Crippen molar-refractivity contribution in [2.45, 2.75) is 20.3 Å². The smallest absolute Gasteiger partial charge is 0.321 e. The Morgan fingerprint density at radius 3 is 2.90 bits per heavy atom. The fourth-order valence-corrected chi connectivity index (χ4v) is 2.01. The summed E-state index contributed by atoms with van der Waals surface area (Å²) in [7, 11) is 1.71. The van der Waals surface area contributed by atoms with Gasteiger partial charge in [-0.3, -0.25) is 0 Å². The highest BCUT2D eigenvalue weighted by Crippen LogP contribution is 2.23. The first-order valence-electron chi connectivity index (χ1n) is 6.83. The molecule has 0 saturated heterocycles. The number of methoxy groups -OCH3 is 1. The van der Waals surface area contributed by atoms with Crippen LogP contribution in [0.1, 0.15) is 20.3 Å². The number of hydrogen-bond donors (Lipinski definition) is 1. The van der Waals surface area contributed by atoms with Crippen LogP contribution in [0.15, 0.2) is 28.8 Å². The summed E-state index contributed by atoms with van der Waals surface area (Å²) in [6.07, 6.45) is 0.950. The Balaban J connectivity index is 1.97. The standard InChI is InChI=1S/C15H20ClN3O2/c1-15(2,7-8-20-3)10-17-14-18-13(19-21-14)11-5-4-6-12(16)9-11/h4-6,9H,7-8,10H2,1-3H3,(H,17,18,19). The Morgan fingerprint density at radius 2 is 2.19 bits per heavy atom.